The SMILES string of the molecule is CC/C=C\C/C=C\C/C=C\C/C=C\C/C=C\C/C=C\CCCCCCCCCCCCCCCCCCC(=O)NC(COC1OC(CO)C(OC2OC(CO)C(O)C(O)C2O)C(O)C1O)C(O)CCCCCCCCCCCCCCCCCCCCCCCCCC. The van der Waals surface area contributed by atoms with Crippen molar-refractivity contribution in [2.24, 2.45) is 0 Å². The lowest BCUT2D eigenvalue weighted by Crippen LogP contribution is -2.65. The van der Waals surface area contributed by atoms with Gasteiger partial charge in [0.05, 0.1) is 32.0 Å². The average molecular weight is 1320 g/mol. The van der Waals surface area contributed by atoms with Gasteiger partial charge in [0.2, 0.25) is 5.91 Å². The van der Waals surface area contributed by atoms with Crippen LogP contribution in [0.4, 0.5) is 0 Å². The molecule has 2 rings (SSSR count). The molecule has 2 saturated heterocycles. The summed E-state index contributed by atoms with van der Waals surface area (Å²) in [6.07, 6.45) is 69.2. The van der Waals surface area contributed by atoms with Crippen molar-refractivity contribution < 1.29 is 64.6 Å². The van der Waals surface area contributed by atoms with Crippen molar-refractivity contribution in [1.82, 2.24) is 5.32 Å². The Morgan fingerprint density at radius 2 is 0.742 bits per heavy atom. The van der Waals surface area contributed by atoms with Gasteiger partial charge >= 0.3 is 0 Å². The summed E-state index contributed by atoms with van der Waals surface area (Å²) < 4.78 is 23.0. The number of hydrogen-bond donors (Lipinski definition) is 9. The minimum atomic E-state index is -1.78. The van der Waals surface area contributed by atoms with Crippen LogP contribution in [0, 0.1) is 0 Å². The largest absolute Gasteiger partial charge is 0.394 e. The Bertz CT molecular complexity index is 1840. The molecule has 0 spiro atoms. The van der Waals surface area contributed by atoms with E-state index >= 15 is 0 Å². The zero-order valence-corrected chi connectivity index (χ0v) is 59.2. The van der Waals surface area contributed by atoms with Crippen molar-refractivity contribution >= 4 is 5.91 Å². The van der Waals surface area contributed by atoms with E-state index in [1.807, 2.05) is 0 Å². The van der Waals surface area contributed by atoms with Crippen molar-refractivity contribution in [2.75, 3.05) is 19.8 Å². The van der Waals surface area contributed by atoms with Crippen molar-refractivity contribution in [2.45, 2.75) is 402 Å². The molecule has 0 aromatic heterocycles. The Labute approximate surface area is 568 Å². The fourth-order valence-electron chi connectivity index (χ4n) is 12.6. The molecule has 0 bridgehead atoms. The Balaban J connectivity index is 1.61. The number of carbonyl (C=O) groups is 1. The third-order valence-corrected chi connectivity index (χ3v) is 18.7. The van der Waals surface area contributed by atoms with E-state index < -0.39 is 86.8 Å². The molecule has 0 aromatic carbocycles. The first-order valence-electron chi connectivity index (χ1n) is 38.7. The number of rotatable bonds is 64. The summed E-state index contributed by atoms with van der Waals surface area (Å²) >= 11 is 0. The van der Waals surface area contributed by atoms with E-state index in [9.17, 15) is 45.6 Å². The lowest BCUT2D eigenvalue weighted by atomic mass is 9.97. The summed E-state index contributed by atoms with van der Waals surface area (Å²) in [7, 11) is 0. The van der Waals surface area contributed by atoms with E-state index in [-0.39, 0.29) is 12.5 Å². The number of hydrogen-bond acceptors (Lipinski definition) is 13. The number of aliphatic hydroxyl groups excluding tert-OH is 8. The zero-order chi connectivity index (χ0) is 67.3. The van der Waals surface area contributed by atoms with Crippen LogP contribution in [-0.2, 0) is 23.7 Å². The van der Waals surface area contributed by atoms with E-state index in [4.69, 9.17) is 18.9 Å². The molecular weight excluding hydrogens is 1170 g/mol. The maximum absolute atomic E-state index is 13.4. The highest BCUT2D eigenvalue weighted by Gasteiger charge is 2.51. The topological polar surface area (TPSA) is 228 Å². The molecule has 14 heteroatoms. The molecule has 2 aliphatic rings. The Morgan fingerprint density at radius 3 is 1.14 bits per heavy atom. The summed E-state index contributed by atoms with van der Waals surface area (Å²) in [6, 6.07) is -0.833. The third kappa shape index (κ3) is 46.4. The van der Waals surface area contributed by atoms with Crippen LogP contribution < -0.4 is 5.32 Å². The van der Waals surface area contributed by atoms with E-state index in [0.717, 1.165) is 89.9 Å². The predicted octanol–water partition coefficient (Wildman–Crippen LogP) is 17.0. The molecule has 9 N–H and O–H groups in total. The molecule has 0 aliphatic carbocycles. The number of nitrogens with one attached hydrogen (secondary N) is 1. The second-order valence-corrected chi connectivity index (χ2v) is 27.1. The molecule has 2 aliphatic heterocycles. The molecule has 2 heterocycles. The molecule has 0 saturated carbocycles. The van der Waals surface area contributed by atoms with Gasteiger partial charge < -0.3 is 65.1 Å². The molecule has 0 aromatic rings. The summed E-state index contributed by atoms with van der Waals surface area (Å²) in [4.78, 5) is 13.4. The van der Waals surface area contributed by atoms with Gasteiger partial charge in [-0.05, 0) is 64.2 Å². The van der Waals surface area contributed by atoms with Crippen molar-refractivity contribution in [1.29, 1.82) is 0 Å². The maximum atomic E-state index is 13.4. The fourth-order valence-corrected chi connectivity index (χ4v) is 12.6. The highest BCUT2D eigenvalue weighted by molar-refractivity contribution is 5.76. The Morgan fingerprint density at radius 1 is 0.398 bits per heavy atom. The first kappa shape index (κ1) is 86.5. The minimum absolute atomic E-state index is 0.203. The first-order chi connectivity index (χ1) is 45.6. The fraction of sp³-hybridized carbons (Fsp3) is 0.835. The Hall–Kier alpha value is -2.57. The van der Waals surface area contributed by atoms with Gasteiger partial charge in [0.25, 0.3) is 0 Å². The van der Waals surface area contributed by atoms with E-state index in [2.05, 4.69) is 92.1 Å². The van der Waals surface area contributed by atoms with Crippen molar-refractivity contribution in [3.05, 3.63) is 72.9 Å². The summed E-state index contributed by atoms with van der Waals surface area (Å²) in [5, 5.41) is 87.8. The smallest absolute Gasteiger partial charge is 0.220 e. The molecule has 2 fully saturated rings. The Kier molecular flexibility index (Phi) is 58.5. The van der Waals surface area contributed by atoms with Crippen LogP contribution in [0.3, 0.4) is 0 Å². The zero-order valence-electron chi connectivity index (χ0n) is 59.2. The number of unbranched alkanes of at least 4 members (excludes halogenated alkanes) is 39. The van der Waals surface area contributed by atoms with E-state index in [1.165, 1.54) is 212 Å². The van der Waals surface area contributed by atoms with Gasteiger partial charge in [0.15, 0.2) is 12.6 Å². The summed E-state index contributed by atoms with van der Waals surface area (Å²) in [5.74, 6) is -0.203. The molecule has 0 radical (unpaired) electrons. The normalized spacial score (nSPS) is 22.9. The molecule has 93 heavy (non-hydrogen) atoms. The van der Waals surface area contributed by atoms with Gasteiger partial charge in [-0.25, -0.2) is 0 Å². The lowest BCUT2D eigenvalue weighted by molar-refractivity contribution is -0.359. The molecule has 12 atom stereocenters. The van der Waals surface area contributed by atoms with Crippen molar-refractivity contribution in [3.63, 3.8) is 0 Å². The second kappa shape index (κ2) is 62.9. The van der Waals surface area contributed by atoms with Gasteiger partial charge in [-0.15, -0.1) is 0 Å². The van der Waals surface area contributed by atoms with E-state index in [0.29, 0.717) is 12.8 Å². The third-order valence-electron chi connectivity index (χ3n) is 18.7. The number of carbonyl (C=O) groups excluding carboxylic acids is 1. The van der Waals surface area contributed by atoms with Gasteiger partial charge in [-0.3, -0.25) is 4.79 Å². The van der Waals surface area contributed by atoms with Crippen LogP contribution in [-0.4, -0.2) is 140 Å². The predicted molar refractivity (Wildman–Crippen MR) is 383 cm³/mol. The number of amides is 1. The average Bonchev–Trinajstić information content (AvgIpc) is 0.854. The number of aliphatic hydroxyl groups is 8. The minimum Gasteiger partial charge on any atom is -0.394 e. The van der Waals surface area contributed by atoms with Crippen LogP contribution in [0.1, 0.15) is 328 Å². The molecule has 542 valence electrons. The van der Waals surface area contributed by atoms with Gasteiger partial charge in [-0.2, -0.15) is 0 Å². The molecule has 14 nitrogen and oxygen atoms in total. The second-order valence-electron chi connectivity index (χ2n) is 27.1. The lowest BCUT2D eigenvalue weighted by Gasteiger charge is -2.46. The van der Waals surface area contributed by atoms with Crippen molar-refractivity contribution in [3.8, 4) is 0 Å². The molecule has 1 amide bonds. The quantitative estimate of drug-likeness (QED) is 0.0204. The number of ether oxygens (including phenoxy) is 4. The van der Waals surface area contributed by atoms with Crippen LogP contribution in [0.2, 0.25) is 0 Å². The first-order valence-corrected chi connectivity index (χ1v) is 38.7. The highest BCUT2D eigenvalue weighted by atomic mass is 16.7. The van der Waals surface area contributed by atoms with E-state index in [1.54, 1.807) is 0 Å². The van der Waals surface area contributed by atoms with Gasteiger partial charge in [-0.1, -0.05) is 331 Å². The van der Waals surface area contributed by atoms with Crippen LogP contribution >= 0.6 is 0 Å². The number of allylic oxidation sites excluding steroid dienone is 12. The van der Waals surface area contributed by atoms with Crippen LogP contribution in [0.5, 0.6) is 0 Å². The maximum Gasteiger partial charge on any atom is 0.220 e. The summed E-state index contributed by atoms with van der Waals surface area (Å²) in [6.45, 7) is 2.79. The standard InChI is InChI=1S/C79H143NO13/c1-3-5-7-9-11-13-15-17-19-21-23-25-27-29-30-31-32-33-34-35-36-37-38-39-41-43-45-47-49-51-53-55-57-59-61-63-71(84)80-67(66-90-78-76(89)74(87)77(70(65-82)92-78)93-79-75(88)73(86)72(85)69(64-81)91-79)68(83)62-60-58-56-54-52-50-48-46-44-42-40-28-26-24-22-20-18-16-14-12-10-8-6-4-2/h5,7,11,13,17,19,23,25,29-30,32-33,67-70,72-79,81-83,85-89H,3-4,6,8-10,12,14-16,18,20-22,24,26-28,31,34-66H2,1-2H3,(H,80,84)/b7-5-,13-11-,19-17-,25-23-,30-29-,33-32-. The molecule has 12 unspecified atom stereocenters. The monoisotopic (exact) mass is 1310 g/mol. The van der Waals surface area contributed by atoms with Crippen LogP contribution in [0.25, 0.3) is 0 Å². The van der Waals surface area contributed by atoms with Crippen LogP contribution in [0.15, 0.2) is 72.9 Å². The van der Waals surface area contributed by atoms with Gasteiger partial charge in [0, 0.05) is 6.42 Å². The molecular formula is C79H143NO13. The highest BCUT2D eigenvalue weighted by Crippen LogP contribution is 2.30. The summed E-state index contributed by atoms with van der Waals surface area (Å²) in [5.41, 5.74) is 0. The van der Waals surface area contributed by atoms with Gasteiger partial charge in [0.1, 0.15) is 48.8 Å².